The van der Waals surface area contributed by atoms with E-state index in [1.807, 2.05) is 0 Å². The summed E-state index contributed by atoms with van der Waals surface area (Å²) < 4.78 is 5.67. The van der Waals surface area contributed by atoms with Gasteiger partial charge in [0.2, 0.25) is 0 Å². The highest BCUT2D eigenvalue weighted by Gasteiger charge is 2.26. The van der Waals surface area contributed by atoms with Gasteiger partial charge in [-0.2, -0.15) is 0 Å². The number of rotatable bonds is 5. The first-order chi connectivity index (χ1) is 7.17. The van der Waals surface area contributed by atoms with E-state index in [0.29, 0.717) is 18.2 Å². The van der Waals surface area contributed by atoms with E-state index in [-0.39, 0.29) is 0 Å². The highest BCUT2D eigenvalue weighted by molar-refractivity contribution is 4.80. The number of ether oxygens (including phenoxy) is 1. The Morgan fingerprint density at radius 3 is 2.80 bits per heavy atom. The van der Waals surface area contributed by atoms with E-state index >= 15 is 0 Å². The molecule has 0 aromatic heterocycles. The Morgan fingerprint density at radius 1 is 1.47 bits per heavy atom. The molecule has 0 amide bonds. The lowest BCUT2D eigenvalue weighted by Gasteiger charge is -2.39. The highest BCUT2D eigenvalue weighted by Crippen LogP contribution is 2.15. The van der Waals surface area contributed by atoms with Crippen molar-refractivity contribution in [2.75, 3.05) is 19.7 Å². The van der Waals surface area contributed by atoms with Gasteiger partial charge in [-0.05, 0) is 19.8 Å². The molecule has 0 radical (unpaired) electrons. The second kappa shape index (κ2) is 6.46. The minimum absolute atomic E-state index is 0.328. The number of hydrogen-bond acceptors (Lipinski definition) is 3. The lowest BCUT2D eigenvalue weighted by Crippen LogP contribution is -2.52. The maximum absolute atomic E-state index is 6.09. The summed E-state index contributed by atoms with van der Waals surface area (Å²) in [4.78, 5) is 2.51. The molecule has 1 aliphatic heterocycles. The molecule has 3 nitrogen and oxygen atoms in total. The Morgan fingerprint density at radius 2 is 2.20 bits per heavy atom. The van der Waals surface area contributed by atoms with Gasteiger partial charge in [-0.15, -0.1) is 0 Å². The van der Waals surface area contributed by atoms with E-state index < -0.39 is 0 Å². The molecule has 1 fully saturated rings. The van der Waals surface area contributed by atoms with Crippen molar-refractivity contribution in [1.29, 1.82) is 0 Å². The third-order valence-electron chi connectivity index (χ3n) is 3.18. The molecule has 1 heterocycles. The standard InChI is InChI=1S/C12H26N2O/c1-4-6-11(13)8-14-7-10(3)15-9-12(14)5-2/h10-12H,4-9,13H2,1-3H3. The van der Waals surface area contributed by atoms with Gasteiger partial charge in [0.1, 0.15) is 0 Å². The van der Waals surface area contributed by atoms with Crippen LogP contribution < -0.4 is 5.73 Å². The zero-order valence-electron chi connectivity index (χ0n) is 10.4. The van der Waals surface area contributed by atoms with E-state index in [9.17, 15) is 0 Å². The molecule has 0 bridgehead atoms. The van der Waals surface area contributed by atoms with Crippen LogP contribution in [0.3, 0.4) is 0 Å². The topological polar surface area (TPSA) is 38.5 Å². The molecule has 1 rings (SSSR count). The maximum atomic E-state index is 6.09. The summed E-state index contributed by atoms with van der Waals surface area (Å²) >= 11 is 0. The third kappa shape index (κ3) is 4.09. The Kier molecular flexibility index (Phi) is 5.58. The molecule has 0 aromatic rings. The van der Waals surface area contributed by atoms with Crippen molar-refractivity contribution >= 4 is 0 Å². The molecule has 1 aliphatic rings. The van der Waals surface area contributed by atoms with Gasteiger partial charge in [-0.25, -0.2) is 0 Å². The molecular weight excluding hydrogens is 188 g/mol. The molecule has 3 atom stereocenters. The zero-order valence-corrected chi connectivity index (χ0v) is 10.4. The van der Waals surface area contributed by atoms with Gasteiger partial charge >= 0.3 is 0 Å². The Labute approximate surface area is 94.0 Å². The second-order valence-corrected chi connectivity index (χ2v) is 4.71. The van der Waals surface area contributed by atoms with Crippen molar-refractivity contribution in [2.45, 2.75) is 58.2 Å². The predicted molar refractivity (Wildman–Crippen MR) is 63.9 cm³/mol. The average Bonchev–Trinajstić information content (AvgIpc) is 2.18. The molecular formula is C12H26N2O. The predicted octanol–water partition coefficient (Wildman–Crippen LogP) is 1.61. The van der Waals surface area contributed by atoms with Crippen LogP contribution in [0.2, 0.25) is 0 Å². The molecule has 3 unspecified atom stereocenters. The molecule has 0 spiro atoms. The van der Waals surface area contributed by atoms with Crippen molar-refractivity contribution < 1.29 is 4.74 Å². The molecule has 0 aromatic carbocycles. The minimum atomic E-state index is 0.328. The van der Waals surface area contributed by atoms with E-state index in [0.717, 1.165) is 32.5 Å². The quantitative estimate of drug-likeness (QED) is 0.755. The van der Waals surface area contributed by atoms with Crippen molar-refractivity contribution in [2.24, 2.45) is 5.73 Å². The fourth-order valence-corrected chi connectivity index (χ4v) is 2.28. The average molecular weight is 214 g/mol. The van der Waals surface area contributed by atoms with Gasteiger partial charge in [0.15, 0.2) is 0 Å². The van der Waals surface area contributed by atoms with Crippen molar-refractivity contribution in [3.05, 3.63) is 0 Å². The summed E-state index contributed by atoms with van der Waals surface area (Å²) in [5, 5.41) is 0. The van der Waals surface area contributed by atoms with Gasteiger partial charge < -0.3 is 10.5 Å². The van der Waals surface area contributed by atoms with Crippen LogP contribution in [0, 0.1) is 0 Å². The summed E-state index contributed by atoms with van der Waals surface area (Å²) in [5.41, 5.74) is 6.09. The fourth-order valence-electron chi connectivity index (χ4n) is 2.28. The summed E-state index contributed by atoms with van der Waals surface area (Å²) in [6, 6.07) is 0.901. The van der Waals surface area contributed by atoms with Crippen LogP contribution in [-0.2, 0) is 4.74 Å². The lowest BCUT2D eigenvalue weighted by molar-refractivity contribution is -0.0575. The van der Waals surface area contributed by atoms with Crippen molar-refractivity contribution in [3.8, 4) is 0 Å². The van der Waals surface area contributed by atoms with Crippen LogP contribution in [0.1, 0.15) is 40.0 Å². The minimum Gasteiger partial charge on any atom is -0.376 e. The smallest absolute Gasteiger partial charge is 0.0674 e. The highest BCUT2D eigenvalue weighted by atomic mass is 16.5. The van der Waals surface area contributed by atoms with Crippen LogP contribution in [-0.4, -0.2) is 42.8 Å². The number of morpholine rings is 1. The molecule has 1 saturated heterocycles. The van der Waals surface area contributed by atoms with E-state index in [2.05, 4.69) is 25.7 Å². The van der Waals surface area contributed by atoms with Crippen LogP contribution in [0.4, 0.5) is 0 Å². The lowest BCUT2D eigenvalue weighted by atomic mass is 10.1. The Hall–Kier alpha value is -0.120. The zero-order chi connectivity index (χ0) is 11.3. The number of nitrogens with zero attached hydrogens (tertiary/aromatic N) is 1. The van der Waals surface area contributed by atoms with Gasteiger partial charge in [-0.1, -0.05) is 20.3 Å². The van der Waals surface area contributed by atoms with E-state index in [1.165, 1.54) is 6.42 Å². The molecule has 0 aliphatic carbocycles. The monoisotopic (exact) mass is 214 g/mol. The summed E-state index contributed by atoms with van der Waals surface area (Å²) in [6.07, 6.45) is 3.83. The normalized spacial score (nSPS) is 30.4. The second-order valence-electron chi connectivity index (χ2n) is 4.71. The van der Waals surface area contributed by atoms with Gasteiger partial charge in [0.05, 0.1) is 12.7 Å². The largest absolute Gasteiger partial charge is 0.376 e. The maximum Gasteiger partial charge on any atom is 0.0674 e. The number of hydrogen-bond donors (Lipinski definition) is 1. The third-order valence-corrected chi connectivity index (χ3v) is 3.18. The number of nitrogens with two attached hydrogens (primary N) is 1. The van der Waals surface area contributed by atoms with Gasteiger partial charge in [0, 0.05) is 25.2 Å². The van der Waals surface area contributed by atoms with E-state index in [4.69, 9.17) is 10.5 Å². The van der Waals surface area contributed by atoms with Crippen LogP contribution in [0.5, 0.6) is 0 Å². The SMILES string of the molecule is CCCC(N)CN1CC(C)OCC1CC. The van der Waals surface area contributed by atoms with Gasteiger partial charge in [-0.3, -0.25) is 4.90 Å². The Balaban J connectivity index is 2.40. The van der Waals surface area contributed by atoms with Crippen molar-refractivity contribution in [1.82, 2.24) is 4.90 Å². The van der Waals surface area contributed by atoms with Crippen LogP contribution in [0.15, 0.2) is 0 Å². The molecule has 0 saturated carbocycles. The molecule has 3 heteroatoms. The van der Waals surface area contributed by atoms with Gasteiger partial charge in [0.25, 0.3) is 0 Å². The summed E-state index contributed by atoms with van der Waals surface area (Å²) in [7, 11) is 0. The molecule has 2 N–H and O–H groups in total. The van der Waals surface area contributed by atoms with Crippen molar-refractivity contribution in [3.63, 3.8) is 0 Å². The summed E-state index contributed by atoms with van der Waals surface area (Å²) in [5.74, 6) is 0. The first-order valence-electron chi connectivity index (χ1n) is 6.28. The van der Waals surface area contributed by atoms with Crippen LogP contribution >= 0.6 is 0 Å². The summed E-state index contributed by atoms with van der Waals surface area (Å²) in [6.45, 7) is 9.50. The first kappa shape index (κ1) is 12.9. The molecule has 15 heavy (non-hydrogen) atoms. The molecule has 90 valence electrons. The first-order valence-corrected chi connectivity index (χ1v) is 6.28. The fraction of sp³-hybridized carbons (Fsp3) is 1.00. The van der Waals surface area contributed by atoms with Crippen LogP contribution in [0.25, 0.3) is 0 Å². The van der Waals surface area contributed by atoms with E-state index in [1.54, 1.807) is 0 Å². The Bertz CT molecular complexity index is 175.